The van der Waals surface area contributed by atoms with Crippen LogP contribution in [0.4, 0.5) is 5.69 Å². The molecule has 3 rings (SSSR count). The van der Waals surface area contributed by atoms with Crippen LogP contribution in [0.5, 0.6) is 0 Å². The molecule has 0 heterocycles. The first kappa shape index (κ1) is 12.4. The Labute approximate surface area is 113 Å². The van der Waals surface area contributed by atoms with Crippen LogP contribution in [0.15, 0.2) is 24.3 Å². The topological polar surface area (TPSA) is 46.2 Å². The molecular formula is C16H19NO2. The zero-order valence-electron chi connectivity index (χ0n) is 11.2. The van der Waals surface area contributed by atoms with E-state index >= 15 is 0 Å². The van der Waals surface area contributed by atoms with Gasteiger partial charge in [-0.05, 0) is 50.2 Å². The van der Waals surface area contributed by atoms with Crippen LogP contribution < -0.4 is 5.32 Å². The van der Waals surface area contributed by atoms with Crippen LogP contribution in [0.3, 0.4) is 0 Å². The first-order valence-corrected chi connectivity index (χ1v) is 7.05. The summed E-state index contributed by atoms with van der Waals surface area (Å²) in [6, 6.07) is 7.19. The normalized spacial score (nSPS) is 28.4. The summed E-state index contributed by atoms with van der Waals surface area (Å²) in [5.41, 5.74) is 1.38. The Hall–Kier alpha value is -1.64. The molecule has 100 valence electrons. The quantitative estimate of drug-likeness (QED) is 0.845. The predicted molar refractivity (Wildman–Crippen MR) is 74.0 cm³/mol. The zero-order valence-corrected chi connectivity index (χ0v) is 11.2. The molecule has 1 N–H and O–H groups in total. The Morgan fingerprint density at radius 2 is 2.05 bits per heavy atom. The Balaban J connectivity index is 1.69. The van der Waals surface area contributed by atoms with Crippen LogP contribution in [-0.4, -0.2) is 11.7 Å². The van der Waals surface area contributed by atoms with E-state index in [-0.39, 0.29) is 17.6 Å². The van der Waals surface area contributed by atoms with Gasteiger partial charge in [0.15, 0.2) is 5.78 Å². The summed E-state index contributed by atoms with van der Waals surface area (Å²) in [5, 5.41) is 2.97. The summed E-state index contributed by atoms with van der Waals surface area (Å²) in [4.78, 5) is 23.6. The number of hydrogen-bond acceptors (Lipinski definition) is 2. The van der Waals surface area contributed by atoms with Crippen molar-refractivity contribution >= 4 is 17.4 Å². The van der Waals surface area contributed by atoms with Gasteiger partial charge in [-0.15, -0.1) is 0 Å². The second-order valence-corrected chi connectivity index (χ2v) is 5.91. The molecule has 3 atom stereocenters. The van der Waals surface area contributed by atoms with E-state index in [2.05, 4.69) is 5.32 Å². The Morgan fingerprint density at radius 3 is 2.68 bits per heavy atom. The van der Waals surface area contributed by atoms with Crippen molar-refractivity contribution < 1.29 is 9.59 Å². The fraction of sp³-hybridized carbons (Fsp3) is 0.500. The lowest BCUT2D eigenvalue weighted by Crippen LogP contribution is -2.27. The van der Waals surface area contributed by atoms with Crippen molar-refractivity contribution in [1.82, 2.24) is 0 Å². The van der Waals surface area contributed by atoms with E-state index in [9.17, 15) is 9.59 Å². The maximum absolute atomic E-state index is 12.3. The number of anilines is 1. The predicted octanol–water partition coefficient (Wildman–Crippen LogP) is 3.26. The fourth-order valence-electron chi connectivity index (χ4n) is 3.62. The van der Waals surface area contributed by atoms with Crippen LogP contribution in [-0.2, 0) is 4.79 Å². The second-order valence-electron chi connectivity index (χ2n) is 5.91. The molecule has 19 heavy (non-hydrogen) atoms. The van der Waals surface area contributed by atoms with Gasteiger partial charge in [0, 0.05) is 17.2 Å². The number of ketones is 1. The highest BCUT2D eigenvalue weighted by Crippen LogP contribution is 2.48. The number of fused-ring (bicyclic) bond motifs is 2. The van der Waals surface area contributed by atoms with Crippen molar-refractivity contribution in [2.45, 2.75) is 32.6 Å². The lowest BCUT2D eigenvalue weighted by Gasteiger charge is -2.20. The van der Waals surface area contributed by atoms with Gasteiger partial charge in [0.25, 0.3) is 0 Å². The Morgan fingerprint density at radius 1 is 1.21 bits per heavy atom. The van der Waals surface area contributed by atoms with Gasteiger partial charge in [-0.3, -0.25) is 9.59 Å². The minimum Gasteiger partial charge on any atom is -0.326 e. The third-order valence-corrected chi connectivity index (χ3v) is 4.61. The average molecular weight is 257 g/mol. The maximum Gasteiger partial charge on any atom is 0.227 e. The van der Waals surface area contributed by atoms with E-state index < -0.39 is 0 Å². The maximum atomic E-state index is 12.3. The molecule has 3 heteroatoms. The minimum atomic E-state index is 0.0241. The van der Waals surface area contributed by atoms with Crippen LogP contribution in [0, 0.1) is 17.8 Å². The van der Waals surface area contributed by atoms with Crippen molar-refractivity contribution in [1.29, 1.82) is 0 Å². The molecule has 2 aliphatic rings. The van der Waals surface area contributed by atoms with E-state index in [1.807, 2.05) is 12.1 Å². The molecule has 2 bridgehead atoms. The molecule has 0 unspecified atom stereocenters. The summed E-state index contributed by atoms with van der Waals surface area (Å²) >= 11 is 0. The standard InChI is InChI=1S/C16H19NO2/c1-10(18)12-3-2-4-14(9-12)17-16(19)15-8-11-5-6-13(15)7-11/h2-4,9,11,13,15H,5-8H2,1H3,(H,17,19)/t11-,13-,15-/m0/s1. The molecule has 2 saturated carbocycles. The van der Waals surface area contributed by atoms with Crippen LogP contribution in [0.2, 0.25) is 0 Å². The van der Waals surface area contributed by atoms with Crippen LogP contribution >= 0.6 is 0 Å². The highest BCUT2D eigenvalue weighted by Gasteiger charge is 2.42. The van der Waals surface area contributed by atoms with E-state index in [0.717, 1.165) is 18.0 Å². The molecule has 0 radical (unpaired) electrons. The first-order chi connectivity index (χ1) is 9.13. The molecule has 3 nitrogen and oxygen atoms in total. The second kappa shape index (κ2) is 4.80. The number of carbonyl (C=O) groups excluding carboxylic acids is 2. The Kier molecular flexibility index (Phi) is 3.13. The first-order valence-electron chi connectivity index (χ1n) is 7.05. The fourth-order valence-corrected chi connectivity index (χ4v) is 3.62. The van der Waals surface area contributed by atoms with Crippen molar-refractivity contribution in [2.75, 3.05) is 5.32 Å². The van der Waals surface area contributed by atoms with Crippen LogP contribution in [0.1, 0.15) is 43.0 Å². The van der Waals surface area contributed by atoms with Gasteiger partial charge >= 0.3 is 0 Å². The molecule has 2 fully saturated rings. The summed E-state index contributed by atoms with van der Waals surface area (Å²) in [6.07, 6.45) is 4.78. The molecule has 0 saturated heterocycles. The summed E-state index contributed by atoms with van der Waals surface area (Å²) in [6.45, 7) is 1.54. The van der Waals surface area contributed by atoms with Gasteiger partial charge in [0.1, 0.15) is 0 Å². The lowest BCUT2D eigenvalue weighted by molar-refractivity contribution is -0.121. The third kappa shape index (κ3) is 2.42. The molecule has 0 aliphatic heterocycles. The van der Waals surface area contributed by atoms with E-state index in [1.54, 1.807) is 12.1 Å². The van der Waals surface area contributed by atoms with E-state index in [4.69, 9.17) is 0 Å². The Bertz CT molecular complexity index is 523. The number of benzene rings is 1. The van der Waals surface area contributed by atoms with Crippen molar-refractivity contribution in [2.24, 2.45) is 17.8 Å². The summed E-state index contributed by atoms with van der Waals surface area (Å²) in [7, 11) is 0. The summed E-state index contributed by atoms with van der Waals surface area (Å²) < 4.78 is 0. The molecular weight excluding hydrogens is 238 g/mol. The SMILES string of the molecule is CC(=O)c1cccc(NC(=O)[C@H]2C[C@H]3CC[C@H]2C3)c1. The summed E-state index contributed by atoms with van der Waals surface area (Å²) in [5.74, 6) is 1.69. The molecule has 1 aromatic rings. The average Bonchev–Trinajstić information content (AvgIpc) is 3.01. The number of carbonyl (C=O) groups is 2. The number of Topliss-reactive ketones (excluding diaryl/α,β-unsaturated/α-hetero) is 1. The number of rotatable bonds is 3. The van der Waals surface area contributed by atoms with Gasteiger partial charge in [0.05, 0.1) is 0 Å². The zero-order chi connectivity index (χ0) is 13.4. The molecule has 1 aromatic carbocycles. The van der Waals surface area contributed by atoms with E-state index in [1.165, 1.54) is 26.2 Å². The highest BCUT2D eigenvalue weighted by molar-refractivity contribution is 5.97. The largest absolute Gasteiger partial charge is 0.326 e. The van der Waals surface area contributed by atoms with Gasteiger partial charge in [0.2, 0.25) is 5.91 Å². The van der Waals surface area contributed by atoms with Gasteiger partial charge in [-0.2, -0.15) is 0 Å². The lowest BCUT2D eigenvalue weighted by atomic mass is 9.88. The molecule has 0 aromatic heterocycles. The molecule has 1 amide bonds. The third-order valence-electron chi connectivity index (χ3n) is 4.61. The molecule has 0 spiro atoms. The number of hydrogen-bond donors (Lipinski definition) is 1. The van der Waals surface area contributed by atoms with Gasteiger partial charge < -0.3 is 5.32 Å². The van der Waals surface area contributed by atoms with Crippen molar-refractivity contribution in [3.8, 4) is 0 Å². The van der Waals surface area contributed by atoms with Crippen molar-refractivity contribution in [3.63, 3.8) is 0 Å². The van der Waals surface area contributed by atoms with Crippen LogP contribution in [0.25, 0.3) is 0 Å². The van der Waals surface area contributed by atoms with Gasteiger partial charge in [-0.25, -0.2) is 0 Å². The number of amides is 1. The van der Waals surface area contributed by atoms with Gasteiger partial charge in [-0.1, -0.05) is 18.6 Å². The number of nitrogens with one attached hydrogen (secondary N) is 1. The van der Waals surface area contributed by atoms with Crippen molar-refractivity contribution in [3.05, 3.63) is 29.8 Å². The molecule has 2 aliphatic carbocycles. The highest BCUT2D eigenvalue weighted by atomic mass is 16.2. The van der Waals surface area contributed by atoms with E-state index in [0.29, 0.717) is 11.5 Å². The monoisotopic (exact) mass is 257 g/mol. The smallest absolute Gasteiger partial charge is 0.227 e. The minimum absolute atomic E-state index is 0.0241.